The van der Waals surface area contributed by atoms with Crippen LogP contribution < -0.4 is 18.9 Å². The summed E-state index contributed by atoms with van der Waals surface area (Å²) in [5.41, 5.74) is 1.20. The highest BCUT2D eigenvalue weighted by Gasteiger charge is 2.30. The van der Waals surface area contributed by atoms with Gasteiger partial charge in [0, 0.05) is 7.11 Å². The quantitative estimate of drug-likeness (QED) is 0.775. The summed E-state index contributed by atoms with van der Waals surface area (Å²) in [6.07, 6.45) is 0. The van der Waals surface area contributed by atoms with Gasteiger partial charge in [-0.15, -0.1) is 0 Å². The van der Waals surface area contributed by atoms with Gasteiger partial charge in [0.25, 0.3) is 0 Å². The number of benzene rings is 2. The van der Waals surface area contributed by atoms with Crippen LogP contribution in [-0.2, 0) is 10.3 Å². The van der Waals surface area contributed by atoms with E-state index in [2.05, 4.69) is 0 Å². The molecule has 0 saturated heterocycles. The van der Waals surface area contributed by atoms with Crippen molar-refractivity contribution in [2.75, 3.05) is 35.5 Å². The molecule has 0 aliphatic heterocycles. The van der Waals surface area contributed by atoms with Crippen molar-refractivity contribution in [2.24, 2.45) is 0 Å². The van der Waals surface area contributed by atoms with Crippen LogP contribution >= 0.6 is 0 Å². The molecule has 130 valence electrons. The predicted octanol–water partition coefficient (Wildman–Crippen LogP) is 3.63. The van der Waals surface area contributed by atoms with Crippen LogP contribution in [0.5, 0.6) is 23.0 Å². The summed E-state index contributed by atoms with van der Waals surface area (Å²) in [7, 11) is 8.13. The Morgan fingerprint density at radius 1 is 0.583 bits per heavy atom. The first-order valence-electron chi connectivity index (χ1n) is 7.54. The van der Waals surface area contributed by atoms with Crippen LogP contribution in [0, 0.1) is 0 Å². The van der Waals surface area contributed by atoms with Crippen molar-refractivity contribution >= 4 is 0 Å². The molecule has 24 heavy (non-hydrogen) atoms. The van der Waals surface area contributed by atoms with E-state index in [1.807, 2.05) is 43.3 Å². The van der Waals surface area contributed by atoms with Crippen molar-refractivity contribution in [3.05, 3.63) is 47.5 Å². The third-order valence-electron chi connectivity index (χ3n) is 4.28. The summed E-state index contributed by atoms with van der Waals surface area (Å²) in [6, 6.07) is 11.5. The molecule has 2 aromatic rings. The maximum absolute atomic E-state index is 5.86. The minimum atomic E-state index is -0.681. The lowest BCUT2D eigenvalue weighted by atomic mass is 9.87. The second-order valence-electron chi connectivity index (χ2n) is 5.38. The van der Waals surface area contributed by atoms with E-state index < -0.39 is 5.60 Å². The maximum Gasteiger partial charge on any atom is 0.161 e. The van der Waals surface area contributed by atoms with Crippen molar-refractivity contribution in [1.29, 1.82) is 0 Å². The highest BCUT2D eigenvalue weighted by atomic mass is 16.5. The van der Waals surface area contributed by atoms with Gasteiger partial charge in [-0.3, -0.25) is 0 Å². The molecule has 0 spiro atoms. The van der Waals surface area contributed by atoms with Crippen molar-refractivity contribution in [3.63, 3.8) is 0 Å². The van der Waals surface area contributed by atoms with E-state index in [4.69, 9.17) is 23.7 Å². The topological polar surface area (TPSA) is 46.2 Å². The third kappa shape index (κ3) is 3.12. The van der Waals surface area contributed by atoms with Gasteiger partial charge in [0.2, 0.25) is 0 Å². The van der Waals surface area contributed by atoms with E-state index >= 15 is 0 Å². The number of hydrogen-bond donors (Lipinski definition) is 0. The summed E-state index contributed by atoms with van der Waals surface area (Å²) in [5, 5.41) is 0. The average molecular weight is 332 g/mol. The van der Waals surface area contributed by atoms with E-state index in [1.54, 1.807) is 35.5 Å². The molecule has 0 amide bonds. The molecule has 2 aromatic carbocycles. The van der Waals surface area contributed by atoms with Gasteiger partial charge >= 0.3 is 0 Å². The summed E-state index contributed by atoms with van der Waals surface area (Å²) in [5.74, 6) is 2.65. The molecule has 0 bridgehead atoms. The van der Waals surface area contributed by atoms with Gasteiger partial charge in [0.05, 0.1) is 28.4 Å². The van der Waals surface area contributed by atoms with Gasteiger partial charge in [-0.25, -0.2) is 0 Å². The Labute approximate surface area is 143 Å². The molecule has 0 atom stereocenters. The molecular weight excluding hydrogens is 308 g/mol. The summed E-state index contributed by atoms with van der Waals surface area (Å²) >= 11 is 0. The Hall–Kier alpha value is -2.40. The lowest BCUT2D eigenvalue weighted by Crippen LogP contribution is -2.26. The third-order valence-corrected chi connectivity index (χ3v) is 4.28. The summed E-state index contributed by atoms with van der Waals surface area (Å²) in [4.78, 5) is 0. The molecule has 0 aliphatic carbocycles. The van der Waals surface area contributed by atoms with Crippen LogP contribution in [0.15, 0.2) is 36.4 Å². The van der Waals surface area contributed by atoms with Gasteiger partial charge in [0.1, 0.15) is 5.60 Å². The smallest absolute Gasteiger partial charge is 0.161 e. The molecule has 0 unspecified atom stereocenters. The van der Waals surface area contributed by atoms with E-state index in [0.717, 1.165) is 11.1 Å². The normalized spacial score (nSPS) is 11.1. The number of hydrogen-bond acceptors (Lipinski definition) is 5. The highest BCUT2D eigenvalue weighted by molar-refractivity contribution is 5.50. The van der Waals surface area contributed by atoms with Gasteiger partial charge in [-0.1, -0.05) is 12.1 Å². The zero-order valence-corrected chi connectivity index (χ0v) is 15.0. The maximum atomic E-state index is 5.86. The highest BCUT2D eigenvalue weighted by Crippen LogP contribution is 2.40. The first-order chi connectivity index (χ1) is 11.5. The lowest BCUT2D eigenvalue weighted by molar-refractivity contribution is 0.0386. The molecule has 5 nitrogen and oxygen atoms in total. The number of ether oxygens (including phenoxy) is 5. The molecule has 5 heteroatoms. The van der Waals surface area contributed by atoms with Crippen molar-refractivity contribution in [1.82, 2.24) is 0 Å². The van der Waals surface area contributed by atoms with Gasteiger partial charge in [-0.05, 0) is 42.3 Å². The summed E-state index contributed by atoms with van der Waals surface area (Å²) in [6.45, 7) is 2.00. The Kier molecular flexibility index (Phi) is 5.57. The predicted molar refractivity (Wildman–Crippen MR) is 92.6 cm³/mol. The molecule has 0 aromatic heterocycles. The van der Waals surface area contributed by atoms with E-state index in [1.165, 1.54) is 0 Å². The SMILES string of the molecule is COc1ccc(C(C)(OC)c2ccc(OC)c(OC)c2)cc1OC. The van der Waals surface area contributed by atoms with Gasteiger partial charge in [-0.2, -0.15) is 0 Å². The fraction of sp³-hybridized carbons (Fsp3) is 0.368. The fourth-order valence-corrected chi connectivity index (χ4v) is 2.67. The monoisotopic (exact) mass is 332 g/mol. The van der Waals surface area contributed by atoms with Crippen LogP contribution in [0.25, 0.3) is 0 Å². The van der Waals surface area contributed by atoms with Gasteiger partial charge < -0.3 is 23.7 Å². The second-order valence-corrected chi connectivity index (χ2v) is 5.38. The van der Waals surface area contributed by atoms with Crippen molar-refractivity contribution in [3.8, 4) is 23.0 Å². The average Bonchev–Trinajstić information content (AvgIpc) is 2.65. The standard InChI is InChI=1S/C19H24O5/c1-19(24-6,13-7-9-15(20-2)17(11-13)22-4)14-8-10-16(21-3)18(12-14)23-5/h7-12H,1-6H3. The first kappa shape index (κ1) is 17.9. The Balaban J connectivity index is 2.56. The number of rotatable bonds is 7. The lowest BCUT2D eigenvalue weighted by Gasteiger charge is -2.30. The molecule has 0 heterocycles. The molecular formula is C19H24O5. The van der Waals surface area contributed by atoms with Crippen molar-refractivity contribution < 1.29 is 23.7 Å². The molecule has 0 saturated carbocycles. The largest absolute Gasteiger partial charge is 0.493 e. The molecule has 0 aliphatic rings. The van der Waals surface area contributed by atoms with Crippen molar-refractivity contribution in [2.45, 2.75) is 12.5 Å². The van der Waals surface area contributed by atoms with E-state index in [0.29, 0.717) is 23.0 Å². The zero-order valence-electron chi connectivity index (χ0n) is 15.0. The Bertz CT molecular complexity index is 641. The zero-order chi connectivity index (χ0) is 17.7. The number of methoxy groups -OCH3 is 5. The van der Waals surface area contributed by atoms with E-state index in [9.17, 15) is 0 Å². The summed E-state index contributed by atoms with van der Waals surface area (Å²) < 4.78 is 27.3. The molecule has 0 N–H and O–H groups in total. The van der Waals surface area contributed by atoms with Crippen LogP contribution in [0.4, 0.5) is 0 Å². The van der Waals surface area contributed by atoms with Crippen LogP contribution in [0.1, 0.15) is 18.1 Å². The minimum absolute atomic E-state index is 0.652. The molecule has 0 fully saturated rings. The Morgan fingerprint density at radius 3 is 1.25 bits per heavy atom. The molecule has 0 radical (unpaired) electrons. The van der Waals surface area contributed by atoms with Crippen LogP contribution in [-0.4, -0.2) is 35.5 Å². The van der Waals surface area contributed by atoms with Crippen LogP contribution in [0.3, 0.4) is 0 Å². The van der Waals surface area contributed by atoms with E-state index in [-0.39, 0.29) is 0 Å². The minimum Gasteiger partial charge on any atom is -0.493 e. The second kappa shape index (κ2) is 7.45. The van der Waals surface area contributed by atoms with Crippen LogP contribution in [0.2, 0.25) is 0 Å². The van der Waals surface area contributed by atoms with Gasteiger partial charge in [0.15, 0.2) is 23.0 Å². The Morgan fingerprint density at radius 2 is 0.958 bits per heavy atom. The molecule has 2 rings (SSSR count). The fourth-order valence-electron chi connectivity index (χ4n) is 2.67. The first-order valence-corrected chi connectivity index (χ1v) is 7.54.